The summed E-state index contributed by atoms with van der Waals surface area (Å²) in [6.45, 7) is 0. The van der Waals surface area contributed by atoms with E-state index in [4.69, 9.17) is 0 Å². The fraction of sp³-hybridized carbons (Fsp3) is 0.200. The molecule has 0 aromatic rings. The first-order valence-corrected chi connectivity index (χ1v) is 2.45. The SMILES string of the molecule is B.[F].[Fe][C]1=CC=CC1. The van der Waals surface area contributed by atoms with Crippen LogP contribution < -0.4 is 0 Å². The van der Waals surface area contributed by atoms with E-state index in [2.05, 4.69) is 22.1 Å². The van der Waals surface area contributed by atoms with Crippen LogP contribution in [0, 0.1) is 0 Å². The van der Waals surface area contributed by atoms with Crippen molar-refractivity contribution in [1.29, 1.82) is 0 Å². The van der Waals surface area contributed by atoms with Gasteiger partial charge in [-0.3, -0.25) is 0 Å². The molecule has 46 valence electrons. The molecule has 1 rings (SSSR count). The quantitative estimate of drug-likeness (QED) is 0.448. The van der Waals surface area contributed by atoms with Crippen molar-refractivity contribution in [3.05, 3.63) is 22.7 Å². The monoisotopic (exact) mass is 154 g/mol. The first kappa shape index (κ1) is 10.9. The normalized spacial score (nSPS) is 13.9. The molecule has 1 radical (unpaired) electrons. The third-order valence-corrected chi connectivity index (χ3v) is 1.13. The van der Waals surface area contributed by atoms with Crippen molar-refractivity contribution in [3.63, 3.8) is 0 Å². The van der Waals surface area contributed by atoms with Crippen LogP contribution in [0.15, 0.2) is 22.7 Å². The Kier molecular flexibility index (Phi) is 6.99. The minimum atomic E-state index is 0. The van der Waals surface area contributed by atoms with Gasteiger partial charge in [-0.2, -0.15) is 0 Å². The topological polar surface area (TPSA) is 0 Å². The summed E-state index contributed by atoms with van der Waals surface area (Å²) < 4.78 is 1.22. The summed E-state index contributed by atoms with van der Waals surface area (Å²) in [5, 5.41) is 0. The van der Waals surface area contributed by atoms with Crippen LogP contribution >= 0.6 is 0 Å². The zero-order chi connectivity index (χ0) is 4.41. The summed E-state index contributed by atoms with van der Waals surface area (Å²) in [5.74, 6) is 0. The molecule has 0 heterocycles. The molecule has 1 aliphatic rings. The average Bonchev–Trinajstić information content (AvgIpc) is 1.86. The van der Waals surface area contributed by atoms with Crippen LogP contribution in [-0.2, 0) is 16.0 Å². The molecule has 3 heteroatoms. The van der Waals surface area contributed by atoms with Gasteiger partial charge in [0.2, 0.25) is 0 Å². The molecule has 0 fully saturated rings. The molecule has 0 saturated heterocycles. The van der Waals surface area contributed by atoms with Crippen LogP contribution in [0.1, 0.15) is 6.42 Å². The molecule has 0 unspecified atom stereocenters. The Morgan fingerprint density at radius 1 is 1.50 bits per heavy atom. The molecule has 8 heavy (non-hydrogen) atoms. The Balaban J connectivity index is 0. The van der Waals surface area contributed by atoms with Gasteiger partial charge >= 0.3 is 45.1 Å². The van der Waals surface area contributed by atoms with Crippen LogP contribution in [0.5, 0.6) is 0 Å². The third-order valence-electron chi connectivity index (χ3n) is 0.717. The van der Waals surface area contributed by atoms with Crippen molar-refractivity contribution in [2.45, 2.75) is 6.42 Å². The first-order valence-electron chi connectivity index (χ1n) is 1.89. The van der Waals surface area contributed by atoms with Gasteiger partial charge in [-0.15, -0.1) is 0 Å². The summed E-state index contributed by atoms with van der Waals surface area (Å²) in [6, 6.07) is 0. The van der Waals surface area contributed by atoms with Gasteiger partial charge in [-0.1, -0.05) is 0 Å². The summed E-state index contributed by atoms with van der Waals surface area (Å²) >= 11 is 3.74. The molecular formula is C5H8BFFe. The number of hydrogen-bond donors (Lipinski definition) is 0. The molecule has 0 aromatic carbocycles. The fourth-order valence-electron chi connectivity index (χ4n) is 0.416. The maximum atomic E-state index is 3.74. The standard InChI is InChI=1S/C5H5.BH3.F.Fe/c1-2-4-5-3-1;;;/h1-3H,4H2;1H3;;. The van der Waals surface area contributed by atoms with E-state index in [1.54, 1.807) is 0 Å². The Morgan fingerprint density at radius 2 is 2.12 bits per heavy atom. The van der Waals surface area contributed by atoms with Crippen LogP contribution in [0.3, 0.4) is 0 Å². The fourth-order valence-corrected chi connectivity index (χ4v) is 0.652. The van der Waals surface area contributed by atoms with E-state index in [1.807, 2.05) is 12.2 Å². The zero-order valence-electron chi connectivity index (χ0n) is 3.67. The summed E-state index contributed by atoms with van der Waals surface area (Å²) in [7, 11) is 0. The molecule has 1 aliphatic carbocycles. The van der Waals surface area contributed by atoms with Gasteiger partial charge in [0, 0.05) is 4.70 Å². The van der Waals surface area contributed by atoms with Crippen LogP contribution in [0.4, 0.5) is 4.70 Å². The summed E-state index contributed by atoms with van der Waals surface area (Å²) in [5.41, 5.74) is 0. The predicted molar refractivity (Wildman–Crippen MR) is 32.9 cm³/mol. The Hall–Kier alpha value is -0.00558. The first-order chi connectivity index (χ1) is 2.89. The molecule has 0 atom stereocenters. The Bertz CT molecular complexity index is 109. The van der Waals surface area contributed by atoms with E-state index in [-0.39, 0.29) is 13.1 Å². The average molecular weight is 154 g/mol. The molecular weight excluding hydrogens is 146 g/mol. The van der Waals surface area contributed by atoms with Crippen LogP contribution in [0.2, 0.25) is 0 Å². The molecule has 0 spiro atoms. The van der Waals surface area contributed by atoms with Crippen molar-refractivity contribution in [1.82, 2.24) is 0 Å². The summed E-state index contributed by atoms with van der Waals surface area (Å²) in [4.78, 5) is 0. The minimum absolute atomic E-state index is 0. The van der Waals surface area contributed by atoms with E-state index in [0.717, 1.165) is 6.42 Å². The Labute approximate surface area is 58.8 Å². The number of hydrogen-bond acceptors (Lipinski definition) is 0. The van der Waals surface area contributed by atoms with Crippen LogP contribution in [-0.4, -0.2) is 8.41 Å². The zero-order valence-corrected chi connectivity index (χ0v) is 4.77. The van der Waals surface area contributed by atoms with Crippen molar-refractivity contribution < 1.29 is 20.7 Å². The number of allylic oxidation sites excluding steroid dienone is 4. The van der Waals surface area contributed by atoms with E-state index in [9.17, 15) is 0 Å². The third kappa shape index (κ3) is 3.06. The van der Waals surface area contributed by atoms with Gasteiger partial charge in [-0.25, -0.2) is 0 Å². The molecule has 0 aromatic heterocycles. The Morgan fingerprint density at radius 3 is 2.25 bits per heavy atom. The molecule has 0 nitrogen and oxygen atoms in total. The predicted octanol–water partition coefficient (Wildman–Crippen LogP) is 0.613. The number of rotatable bonds is 0. The van der Waals surface area contributed by atoms with E-state index in [0.29, 0.717) is 0 Å². The molecule has 0 N–H and O–H groups in total. The second-order valence-corrected chi connectivity index (χ2v) is 1.94. The van der Waals surface area contributed by atoms with Crippen molar-refractivity contribution >= 4 is 8.41 Å². The van der Waals surface area contributed by atoms with Gasteiger partial charge in [-0.05, 0) is 0 Å². The van der Waals surface area contributed by atoms with Gasteiger partial charge < -0.3 is 0 Å². The molecule has 0 bridgehead atoms. The van der Waals surface area contributed by atoms with Gasteiger partial charge in [0.1, 0.15) is 0 Å². The van der Waals surface area contributed by atoms with E-state index < -0.39 is 0 Å². The summed E-state index contributed by atoms with van der Waals surface area (Å²) in [6.07, 6.45) is 7.21. The molecule has 0 saturated carbocycles. The van der Waals surface area contributed by atoms with Gasteiger partial charge in [0.15, 0.2) is 0 Å². The second-order valence-electron chi connectivity index (χ2n) is 1.23. The second kappa shape index (κ2) is 5.14. The van der Waals surface area contributed by atoms with E-state index in [1.165, 1.54) is 4.47 Å². The van der Waals surface area contributed by atoms with Crippen LogP contribution in [0.25, 0.3) is 0 Å². The molecule has 0 aliphatic heterocycles. The van der Waals surface area contributed by atoms with Crippen molar-refractivity contribution in [2.24, 2.45) is 0 Å². The number of halogens is 1. The van der Waals surface area contributed by atoms with Gasteiger partial charge in [0.25, 0.3) is 0 Å². The van der Waals surface area contributed by atoms with Gasteiger partial charge in [0.05, 0.1) is 8.41 Å². The maximum absolute atomic E-state index is 3.74. The van der Waals surface area contributed by atoms with Crippen molar-refractivity contribution in [2.75, 3.05) is 0 Å². The van der Waals surface area contributed by atoms with Crippen molar-refractivity contribution in [3.8, 4) is 0 Å². The van der Waals surface area contributed by atoms with E-state index >= 15 is 0 Å². The molecule has 0 amide bonds.